The lowest BCUT2D eigenvalue weighted by Crippen LogP contribution is -1.93. The van der Waals surface area contributed by atoms with Crippen LogP contribution in [0.3, 0.4) is 0 Å². The summed E-state index contributed by atoms with van der Waals surface area (Å²) in [4.78, 5) is 0. The molecule has 0 rings (SSSR count). The first-order valence-electron chi connectivity index (χ1n) is 2.45. The van der Waals surface area contributed by atoms with Gasteiger partial charge in [0.15, 0.2) is 0 Å². The van der Waals surface area contributed by atoms with Crippen molar-refractivity contribution < 1.29 is 1.43 Å². The third-order valence-electron chi connectivity index (χ3n) is 0.886. The van der Waals surface area contributed by atoms with E-state index in [1.54, 1.807) is 0 Å². The Bertz CT molecular complexity index is 30.9. The Hall–Kier alpha value is 0.947. The van der Waals surface area contributed by atoms with Gasteiger partial charge in [-0.25, -0.2) is 0 Å². The van der Waals surface area contributed by atoms with Gasteiger partial charge in [0.25, 0.3) is 0 Å². The second-order valence-electron chi connectivity index (χ2n) is 1.41. The lowest BCUT2D eigenvalue weighted by atomic mass is 11.0. The first kappa shape index (κ1) is 6.95. The molecule has 0 aromatic carbocycles. The lowest BCUT2D eigenvalue weighted by Gasteiger charge is -1.93. The van der Waals surface area contributed by atoms with Crippen LogP contribution in [0.15, 0.2) is 0 Å². The molecule has 6 heavy (non-hydrogen) atoms. The van der Waals surface area contributed by atoms with Crippen molar-refractivity contribution in [2.75, 3.05) is 0 Å². The molecule has 0 fully saturated rings. The molecule has 0 saturated carbocycles. The standard InChI is InChI=1S/C4H11ISi/c1-3-6(5)4-2/h6H,3-4H2,1-2H3/p+1. The molecule has 0 aromatic heterocycles. The van der Waals surface area contributed by atoms with E-state index in [-0.39, 0.29) is 7.72 Å². The lowest BCUT2D eigenvalue weighted by molar-refractivity contribution is 1.36. The van der Waals surface area contributed by atoms with E-state index in [4.69, 9.17) is 0 Å². The summed E-state index contributed by atoms with van der Waals surface area (Å²) in [6.45, 7) is 4.57. The zero-order chi connectivity index (χ0) is 4.99. The molecule has 0 amide bonds. The topological polar surface area (TPSA) is 0 Å². The van der Waals surface area contributed by atoms with E-state index in [1.807, 2.05) is 0 Å². The molecule has 0 aliphatic rings. The number of halogens is 1. The minimum absolute atomic E-state index is 0. The van der Waals surface area contributed by atoms with Crippen molar-refractivity contribution in [3.05, 3.63) is 0 Å². The molecule has 0 radical (unpaired) electrons. The zero-order valence-electron chi connectivity index (χ0n) is 5.37. The summed E-state index contributed by atoms with van der Waals surface area (Å²) in [5.74, 6) is 0. The van der Waals surface area contributed by atoms with Crippen LogP contribution in [0.2, 0.25) is 12.1 Å². The SMILES string of the molecule is CC[SiH](I)CC.[H+]. The number of hydrogen-bond donors (Lipinski definition) is 0. The van der Waals surface area contributed by atoms with Crippen molar-refractivity contribution in [1.82, 2.24) is 0 Å². The van der Waals surface area contributed by atoms with E-state index in [0.717, 1.165) is 0 Å². The average molecular weight is 215 g/mol. The predicted molar refractivity (Wildman–Crippen MR) is 43.2 cm³/mol. The fourth-order valence-electron chi connectivity index (χ4n) is 0.289. The van der Waals surface area contributed by atoms with Gasteiger partial charge in [0.2, 0.25) is 0 Å². The minimum atomic E-state index is -0.190. The van der Waals surface area contributed by atoms with Gasteiger partial charge in [-0.15, -0.1) is 21.8 Å². The Morgan fingerprint density at radius 3 is 1.83 bits per heavy atom. The van der Waals surface area contributed by atoms with Crippen LogP contribution in [-0.2, 0) is 0 Å². The van der Waals surface area contributed by atoms with E-state index in [1.165, 1.54) is 12.1 Å². The van der Waals surface area contributed by atoms with Crippen molar-refractivity contribution in [2.45, 2.75) is 25.9 Å². The van der Waals surface area contributed by atoms with Crippen molar-refractivity contribution in [2.24, 2.45) is 0 Å². The molecule has 0 atom stereocenters. The Labute approximate surface area is 55.6 Å². The normalized spacial score (nSPS) is 10.0. The maximum atomic E-state index is 2.61. The van der Waals surface area contributed by atoms with Gasteiger partial charge < -0.3 is 0 Å². The first-order chi connectivity index (χ1) is 2.81. The largest absolute Gasteiger partial charge is 1.00 e. The predicted octanol–water partition coefficient (Wildman–Crippen LogP) is 2.30. The molecule has 0 unspecified atom stereocenters. The Morgan fingerprint density at radius 2 is 1.83 bits per heavy atom. The molecule has 0 heterocycles. The van der Waals surface area contributed by atoms with Gasteiger partial charge >= 0.3 is 1.43 Å². The van der Waals surface area contributed by atoms with E-state index in [0.29, 0.717) is 0 Å². The number of rotatable bonds is 2. The first-order valence-corrected chi connectivity index (χ1v) is 8.26. The quantitative estimate of drug-likeness (QED) is 0.376. The molecular weight excluding hydrogens is 203 g/mol. The summed E-state index contributed by atoms with van der Waals surface area (Å²) in [6, 6.07) is 2.91. The summed E-state index contributed by atoms with van der Waals surface area (Å²) in [5.41, 5.74) is 0. The maximum Gasteiger partial charge on any atom is 1.00 e. The van der Waals surface area contributed by atoms with E-state index < -0.39 is 0 Å². The summed E-state index contributed by atoms with van der Waals surface area (Å²) in [5, 5.41) is 0. The third-order valence-corrected chi connectivity index (χ3v) is 7.94. The van der Waals surface area contributed by atoms with Gasteiger partial charge in [0.1, 0.15) is 6.29 Å². The fourth-order valence-corrected chi connectivity index (χ4v) is 0.866. The van der Waals surface area contributed by atoms with Gasteiger partial charge in [-0.2, -0.15) is 0 Å². The van der Waals surface area contributed by atoms with E-state index >= 15 is 0 Å². The molecule has 0 aliphatic heterocycles. The zero-order valence-corrected chi connectivity index (χ0v) is 7.68. The van der Waals surface area contributed by atoms with Gasteiger partial charge in [0, 0.05) is 0 Å². The van der Waals surface area contributed by atoms with Gasteiger partial charge in [0.05, 0.1) is 0 Å². The van der Waals surface area contributed by atoms with E-state index in [2.05, 4.69) is 35.6 Å². The van der Waals surface area contributed by atoms with Crippen molar-refractivity contribution in [3.8, 4) is 0 Å². The highest BCUT2D eigenvalue weighted by Gasteiger charge is 1.94. The second-order valence-corrected chi connectivity index (χ2v) is 9.53. The highest BCUT2D eigenvalue weighted by atomic mass is 127. The summed E-state index contributed by atoms with van der Waals surface area (Å²) in [7, 11) is 0. The Kier molecular flexibility index (Phi) is 4.76. The smallest absolute Gasteiger partial charge is 0.123 e. The highest BCUT2D eigenvalue weighted by Crippen LogP contribution is 2.04. The minimum Gasteiger partial charge on any atom is -0.123 e. The van der Waals surface area contributed by atoms with Crippen molar-refractivity contribution >= 4 is 28.1 Å². The van der Waals surface area contributed by atoms with Gasteiger partial charge in [-0.1, -0.05) is 25.9 Å². The van der Waals surface area contributed by atoms with Crippen LogP contribution in [0, 0.1) is 0 Å². The van der Waals surface area contributed by atoms with Crippen LogP contribution in [-0.4, -0.2) is 6.29 Å². The van der Waals surface area contributed by atoms with Crippen LogP contribution >= 0.6 is 21.8 Å². The van der Waals surface area contributed by atoms with Crippen LogP contribution in [0.25, 0.3) is 0 Å². The van der Waals surface area contributed by atoms with Crippen LogP contribution < -0.4 is 0 Å². The summed E-state index contributed by atoms with van der Waals surface area (Å²) >= 11 is 2.61. The molecule has 0 N–H and O–H groups in total. The number of hydrogen-bond acceptors (Lipinski definition) is 0. The molecule has 0 aromatic rings. The molecule has 0 bridgehead atoms. The van der Waals surface area contributed by atoms with Crippen LogP contribution in [0.5, 0.6) is 0 Å². The second kappa shape index (κ2) is 4.12. The molecular formula is C4H12ISi+. The van der Waals surface area contributed by atoms with Crippen molar-refractivity contribution in [3.63, 3.8) is 0 Å². The molecule has 0 nitrogen and oxygen atoms in total. The Morgan fingerprint density at radius 1 is 1.50 bits per heavy atom. The molecule has 38 valence electrons. The molecule has 0 spiro atoms. The van der Waals surface area contributed by atoms with Gasteiger partial charge in [-0.05, 0) is 0 Å². The fraction of sp³-hybridized carbons (Fsp3) is 1.00. The Balaban J connectivity index is 0. The highest BCUT2D eigenvalue weighted by molar-refractivity contribution is 14.1. The summed E-state index contributed by atoms with van der Waals surface area (Å²) in [6.07, 6.45) is -0.190. The average Bonchev–Trinajstić information content (AvgIpc) is 1.65. The molecule has 0 saturated heterocycles. The summed E-state index contributed by atoms with van der Waals surface area (Å²) < 4.78 is 0. The molecule has 0 aliphatic carbocycles. The van der Waals surface area contributed by atoms with Gasteiger partial charge in [-0.3, -0.25) is 0 Å². The van der Waals surface area contributed by atoms with Crippen molar-refractivity contribution in [1.29, 1.82) is 0 Å². The van der Waals surface area contributed by atoms with E-state index in [9.17, 15) is 0 Å². The third kappa shape index (κ3) is 3.15. The van der Waals surface area contributed by atoms with Crippen LogP contribution in [0.1, 0.15) is 15.3 Å². The van der Waals surface area contributed by atoms with Crippen LogP contribution in [0.4, 0.5) is 0 Å². The maximum absolute atomic E-state index is 2.61. The molecule has 2 heteroatoms. The monoisotopic (exact) mass is 215 g/mol.